The van der Waals surface area contributed by atoms with E-state index in [1.54, 1.807) is 38.4 Å². The highest BCUT2D eigenvalue weighted by Gasteiger charge is 2.33. The summed E-state index contributed by atoms with van der Waals surface area (Å²) < 4.78 is 22.5. The zero-order valence-electron chi connectivity index (χ0n) is 19.7. The molecule has 0 aliphatic carbocycles. The zero-order valence-corrected chi connectivity index (χ0v) is 19.7. The average molecular weight is 479 g/mol. The molecule has 0 saturated carbocycles. The van der Waals surface area contributed by atoms with Crippen molar-refractivity contribution in [1.29, 1.82) is 0 Å². The van der Waals surface area contributed by atoms with E-state index in [1.807, 2.05) is 24.3 Å². The molecule has 0 spiro atoms. The van der Waals surface area contributed by atoms with Crippen LogP contribution in [-0.4, -0.2) is 50.2 Å². The van der Waals surface area contributed by atoms with Crippen LogP contribution in [0.5, 0.6) is 23.0 Å². The third kappa shape index (κ3) is 4.84. The number of carbonyl (C=O) groups excluding carboxylic acids is 1. The average Bonchev–Trinajstić information content (AvgIpc) is 2.90. The molecule has 0 N–H and O–H groups in total. The van der Waals surface area contributed by atoms with E-state index in [0.717, 1.165) is 11.1 Å². The van der Waals surface area contributed by atoms with Crippen molar-refractivity contribution in [2.75, 3.05) is 34.5 Å². The second-order valence-electron chi connectivity index (χ2n) is 7.94. The number of methoxy groups -OCH3 is 3. The second-order valence-corrected chi connectivity index (χ2v) is 7.94. The summed E-state index contributed by atoms with van der Waals surface area (Å²) in [5.41, 5.74) is 2.21. The summed E-state index contributed by atoms with van der Waals surface area (Å²) in [4.78, 5) is 25.8. The van der Waals surface area contributed by atoms with Crippen molar-refractivity contribution in [3.8, 4) is 23.0 Å². The van der Waals surface area contributed by atoms with E-state index in [1.165, 1.54) is 24.3 Å². The molecule has 4 rings (SSSR count). The minimum atomic E-state index is -0.491. The summed E-state index contributed by atoms with van der Waals surface area (Å²) in [6, 6.07) is 16.3. The maximum atomic E-state index is 13.5. The standard InChI is InChI=1S/C26H26N2O7/c1-32-22-6-4-5-7-23(22)35-16-21-20-15-25(34-3)24(33-2)14-18(20)12-13-27(21)26(29)17-8-10-19(11-9-17)28(30)31/h4-11,14-15,21H,12-13,16H2,1-3H3/t21-/m1/s1. The molecule has 1 aliphatic heterocycles. The van der Waals surface area contributed by atoms with Crippen LogP contribution in [0, 0.1) is 10.1 Å². The van der Waals surface area contributed by atoms with Gasteiger partial charge in [-0.15, -0.1) is 0 Å². The quantitative estimate of drug-likeness (QED) is 0.349. The van der Waals surface area contributed by atoms with Gasteiger partial charge in [0.15, 0.2) is 23.0 Å². The number of carbonyl (C=O) groups is 1. The first-order valence-corrected chi connectivity index (χ1v) is 11.0. The van der Waals surface area contributed by atoms with Crippen molar-refractivity contribution >= 4 is 11.6 Å². The van der Waals surface area contributed by atoms with Crippen molar-refractivity contribution in [3.05, 3.63) is 87.5 Å². The fourth-order valence-corrected chi connectivity index (χ4v) is 4.25. The predicted molar refractivity (Wildman–Crippen MR) is 129 cm³/mol. The Hall–Kier alpha value is -4.27. The lowest BCUT2D eigenvalue weighted by Crippen LogP contribution is -2.42. The molecule has 9 nitrogen and oxygen atoms in total. The van der Waals surface area contributed by atoms with Crippen LogP contribution < -0.4 is 18.9 Å². The normalized spacial score (nSPS) is 14.6. The molecule has 0 saturated heterocycles. The van der Waals surface area contributed by atoms with Gasteiger partial charge < -0.3 is 23.8 Å². The number of hydrogen-bond acceptors (Lipinski definition) is 7. The van der Waals surface area contributed by atoms with E-state index in [0.29, 0.717) is 41.5 Å². The van der Waals surface area contributed by atoms with Crippen LogP contribution in [0.15, 0.2) is 60.7 Å². The molecule has 1 atom stereocenters. The number of para-hydroxylation sites is 2. The second kappa shape index (κ2) is 10.3. The van der Waals surface area contributed by atoms with Gasteiger partial charge in [0.25, 0.3) is 11.6 Å². The van der Waals surface area contributed by atoms with E-state index >= 15 is 0 Å². The maximum Gasteiger partial charge on any atom is 0.269 e. The van der Waals surface area contributed by atoms with Crippen LogP contribution in [0.1, 0.15) is 27.5 Å². The molecular formula is C26H26N2O7. The van der Waals surface area contributed by atoms with Crippen LogP contribution in [0.4, 0.5) is 5.69 Å². The number of non-ortho nitro benzene ring substituents is 1. The van der Waals surface area contributed by atoms with Crippen molar-refractivity contribution < 1.29 is 28.7 Å². The third-order valence-corrected chi connectivity index (χ3v) is 6.05. The van der Waals surface area contributed by atoms with Gasteiger partial charge >= 0.3 is 0 Å². The van der Waals surface area contributed by atoms with Gasteiger partial charge in [-0.2, -0.15) is 0 Å². The summed E-state index contributed by atoms with van der Waals surface area (Å²) >= 11 is 0. The Labute approximate surface area is 202 Å². The molecule has 0 fully saturated rings. The Kier molecular flexibility index (Phi) is 7.05. The Morgan fingerprint density at radius 3 is 2.20 bits per heavy atom. The van der Waals surface area contributed by atoms with Gasteiger partial charge in [-0.3, -0.25) is 14.9 Å². The number of rotatable bonds is 8. The molecule has 35 heavy (non-hydrogen) atoms. The van der Waals surface area contributed by atoms with Crippen LogP contribution in [-0.2, 0) is 6.42 Å². The van der Waals surface area contributed by atoms with E-state index < -0.39 is 11.0 Å². The third-order valence-electron chi connectivity index (χ3n) is 6.05. The molecule has 1 heterocycles. The molecule has 3 aromatic carbocycles. The van der Waals surface area contributed by atoms with Crippen molar-refractivity contribution in [2.45, 2.75) is 12.5 Å². The van der Waals surface area contributed by atoms with Crippen molar-refractivity contribution in [1.82, 2.24) is 4.90 Å². The van der Waals surface area contributed by atoms with Gasteiger partial charge in [-0.05, 0) is 53.9 Å². The lowest BCUT2D eigenvalue weighted by molar-refractivity contribution is -0.384. The van der Waals surface area contributed by atoms with Gasteiger partial charge in [-0.25, -0.2) is 0 Å². The van der Waals surface area contributed by atoms with Gasteiger partial charge in [0, 0.05) is 24.2 Å². The lowest BCUT2D eigenvalue weighted by Gasteiger charge is -2.37. The highest BCUT2D eigenvalue weighted by atomic mass is 16.6. The van der Waals surface area contributed by atoms with E-state index in [-0.39, 0.29) is 18.2 Å². The van der Waals surface area contributed by atoms with Gasteiger partial charge in [0.05, 0.1) is 32.3 Å². The highest BCUT2D eigenvalue weighted by molar-refractivity contribution is 5.95. The Morgan fingerprint density at radius 2 is 1.57 bits per heavy atom. The summed E-state index contributed by atoms with van der Waals surface area (Å²) in [6.45, 7) is 0.611. The molecule has 3 aromatic rings. The van der Waals surface area contributed by atoms with Gasteiger partial charge in [0.1, 0.15) is 6.61 Å². The lowest BCUT2D eigenvalue weighted by atomic mass is 9.91. The van der Waals surface area contributed by atoms with Gasteiger partial charge in [0.2, 0.25) is 0 Å². The Bertz CT molecular complexity index is 1230. The molecule has 0 aromatic heterocycles. The van der Waals surface area contributed by atoms with Crippen LogP contribution in [0.3, 0.4) is 0 Å². The largest absolute Gasteiger partial charge is 0.493 e. The Balaban J connectivity index is 1.70. The fraction of sp³-hybridized carbons (Fsp3) is 0.269. The number of fused-ring (bicyclic) bond motifs is 1. The monoisotopic (exact) mass is 478 g/mol. The van der Waals surface area contributed by atoms with Crippen molar-refractivity contribution in [3.63, 3.8) is 0 Å². The number of nitrogens with zero attached hydrogens (tertiary/aromatic N) is 2. The molecule has 0 radical (unpaired) electrons. The van der Waals surface area contributed by atoms with Gasteiger partial charge in [-0.1, -0.05) is 12.1 Å². The van der Waals surface area contributed by atoms with Crippen molar-refractivity contribution in [2.24, 2.45) is 0 Å². The molecule has 1 amide bonds. The SMILES string of the molecule is COc1cc2c(cc1OC)[C@@H](COc1ccccc1OC)N(C(=O)c1ccc([N+](=O)[O-])cc1)CC2. The number of hydrogen-bond donors (Lipinski definition) is 0. The summed E-state index contributed by atoms with van der Waals surface area (Å²) in [6.07, 6.45) is 0.611. The first-order chi connectivity index (χ1) is 17.0. The summed E-state index contributed by atoms with van der Waals surface area (Å²) in [5, 5.41) is 11.0. The van der Waals surface area contributed by atoms with E-state index in [9.17, 15) is 14.9 Å². The topological polar surface area (TPSA) is 100 Å². The molecular weight excluding hydrogens is 452 g/mol. The van der Waals surface area contributed by atoms with E-state index in [2.05, 4.69) is 0 Å². The number of benzene rings is 3. The predicted octanol–water partition coefficient (Wildman–Crippen LogP) is 4.44. The number of nitro groups is 1. The number of ether oxygens (including phenoxy) is 4. The zero-order chi connectivity index (χ0) is 24.9. The summed E-state index contributed by atoms with van der Waals surface area (Å²) in [5.74, 6) is 2.08. The highest BCUT2D eigenvalue weighted by Crippen LogP contribution is 2.39. The minimum absolute atomic E-state index is 0.0709. The molecule has 0 bridgehead atoms. The number of amides is 1. The summed E-state index contributed by atoms with van der Waals surface area (Å²) in [7, 11) is 4.71. The first kappa shape index (κ1) is 23.9. The smallest absolute Gasteiger partial charge is 0.269 e. The molecule has 0 unspecified atom stereocenters. The number of nitro benzene ring substituents is 1. The van der Waals surface area contributed by atoms with Crippen LogP contribution >= 0.6 is 0 Å². The first-order valence-electron chi connectivity index (χ1n) is 11.0. The van der Waals surface area contributed by atoms with E-state index in [4.69, 9.17) is 18.9 Å². The fourth-order valence-electron chi connectivity index (χ4n) is 4.25. The van der Waals surface area contributed by atoms with Crippen LogP contribution in [0.25, 0.3) is 0 Å². The molecule has 1 aliphatic rings. The molecule has 9 heteroatoms. The minimum Gasteiger partial charge on any atom is -0.493 e. The molecule has 182 valence electrons. The van der Waals surface area contributed by atoms with Crippen LogP contribution in [0.2, 0.25) is 0 Å². The maximum absolute atomic E-state index is 13.5. The Morgan fingerprint density at radius 1 is 0.943 bits per heavy atom.